The number of furan rings is 1. The maximum atomic E-state index is 12.7. The van der Waals surface area contributed by atoms with Crippen LogP contribution in [0.15, 0.2) is 22.8 Å². The highest BCUT2D eigenvalue weighted by Gasteiger charge is 2.36. The van der Waals surface area contributed by atoms with Gasteiger partial charge in [0.25, 0.3) is 5.91 Å². The molecule has 0 saturated carbocycles. The lowest BCUT2D eigenvalue weighted by atomic mass is 9.91. The van der Waals surface area contributed by atoms with Gasteiger partial charge >= 0.3 is 6.09 Å². The predicted molar refractivity (Wildman–Crippen MR) is 110 cm³/mol. The maximum Gasteiger partial charge on any atom is 0.410 e. The zero-order valence-electron chi connectivity index (χ0n) is 17.4. The minimum atomic E-state index is -1.08. The summed E-state index contributed by atoms with van der Waals surface area (Å²) in [4.78, 5) is 26.5. The fourth-order valence-electron chi connectivity index (χ4n) is 3.42. The van der Waals surface area contributed by atoms with Gasteiger partial charge in [0, 0.05) is 30.7 Å². The summed E-state index contributed by atoms with van der Waals surface area (Å²) in [5.74, 6) is -0.337. The number of rotatable bonds is 3. The molecule has 3 rings (SSSR count). The van der Waals surface area contributed by atoms with E-state index in [1.165, 1.54) is 6.26 Å². The Morgan fingerprint density at radius 1 is 1.34 bits per heavy atom. The first kappa shape index (κ1) is 21.0. The van der Waals surface area contributed by atoms with Gasteiger partial charge in [0.2, 0.25) is 0 Å². The first-order valence-electron chi connectivity index (χ1n) is 9.74. The summed E-state index contributed by atoms with van der Waals surface area (Å²) in [5.41, 5.74) is 6.58. The van der Waals surface area contributed by atoms with Crippen LogP contribution in [0, 0.1) is 6.92 Å². The highest BCUT2D eigenvalue weighted by molar-refractivity contribution is 6.08. The number of nitrogen functional groups attached to an aromatic ring is 1. The summed E-state index contributed by atoms with van der Waals surface area (Å²) in [6.45, 7) is 8.09. The van der Waals surface area contributed by atoms with E-state index in [-0.39, 0.29) is 18.5 Å². The van der Waals surface area contributed by atoms with Gasteiger partial charge in [0.1, 0.15) is 11.2 Å². The van der Waals surface area contributed by atoms with Crippen molar-refractivity contribution in [3.8, 4) is 0 Å². The van der Waals surface area contributed by atoms with E-state index < -0.39 is 11.2 Å². The van der Waals surface area contributed by atoms with Crippen molar-refractivity contribution in [2.45, 2.75) is 51.7 Å². The van der Waals surface area contributed by atoms with Gasteiger partial charge in [0.15, 0.2) is 0 Å². The highest BCUT2D eigenvalue weighted by atomic mass is 16.6. The minimum Gasteiger partial charge on any atom is -0.463 e. The number of likely N-dealkylation sites (tertiary alicyclic amines) is 1. The molecule has 2 heterocycles. The molecule has 1 aliphatic rings. The second-order valence-corrected chi connectivity index (χ2v) is 8.69. The lowest BCUT2D eigenvalue weighted by Gasteiger charge is -2.38. The number of carbonyl (C=O) groups excluding carboxylic acids is 2. The van der Waals surface area contributed by atoms with Gasteiger partial charge in [-0.05, 0) is 58.2 Å². The summed E-state index contributed by atoms with van der Waals surface area (Å²) in [6, 6.07) is 3.42. The van der Waals surface area contributed by atoms with Crippen molar-refractivity contribution in [3.05, 3.63) is 29.5 Å². The fraction of sp³-hybridized carbons (Fsp3) is 0.524. The Morgan fingerprint density at radius 3 is 2.62 bits per heavy atom. The van der Waals surface area contributed by atoms with Crippen LogP contribution in [0.3, 0.4) is 0 Å². The third-order valence-corrected chi connectivity index (χ3v) is 5.15. The van der Waals surface area contributed by atoms with Gasteiger partial charge in [0.05, 0.1) is 17.4 Å². The van der Waals surface area contributed by atoms with Crippen LogP contribution in [0.25, 0.3) is 11.0 Å². The average Bonchev–Trinajstić information content (AvgIpc) is 3.12. The Balaban J connectivity index is 1.61. The van der Waals surface area contributed by atoms with E-state index in [1.807, 2.05) is 27.7 Å². The average molecular weight is 403 g/mol. The van der Waals surface area contributed by atoms with E-state index in [4.69, 9.17) is 14.9 Å². The summed E-state index contributed by atoms with van der Waals surface area (Å²) >= 11 is 0. The number of fused-ring (bicyclic) bond motifs is 1. The molecule has 0 bridgehead atoms. The standard InChI is InChI=1S/C21H29N3O5/c1-13-11-15(17-14(16(13)22)5-10-28-17)18(25)23-12-21(27)6-8-24(9-7-21)19(26)29-20(2,3)4/h5,10-11,27H,6-9,12,22H2,1-4H3,(H,23,25). The Bertz CT molecular complexity index is 920. The normalized spacial score (nSPS) is 16.7. The van der Waals surface area contributed by atoms with Crippen molar-refractivity contribution in [1.29, 1.82) is 0 Å². The molecule has 1 aromatic heterocycles. The first-order chi connectivity index (χ1) is 13.5. The molecule has 0 unspecified atom stereocenters. The predicted octanol–water partition coefficient (Wildman–Crippen LogP) is 2.82. The van der Waals surface area contributed by atoms with Crippen LogP contribution >= 0.6 is 0 Å². The fourth-order valence-corrected chi connectivity index (χ4v) is 3.42. The smallest absolute Gasteiger partial charge is 0.410 e. The molecule has 0 aliphatic carbocycles. The lowest BCUT2D eigenvalue weighted by molar-refractivity contribution is -0.0303. The molecule has 1 aliphatic heterocycles. The van der Waals surface area contributed by atoms with Gasteiger partial charge in [-0.2, -0.15) is 0 Å². The molecule has 0 spiro atoms. The third kappa shape index (κ3) is 4.64. The van der Waals surface area contributed by atoms with Crippen LogP contribution in [-0.4, -0.2) is 52.8 Å². The number of hydrogen-bond donors (Lipinski definition) is 3. The maximum absolute atomic E-state index is 12.7. The third-order valence-electron chi connectivity index (χ3n) is 5.15. The van der Waals surface area contributed by atoms with Gasteiger partial charge < -0.3 is 30.2 Å². The second kappa shape index (κ2) is 7.59. The molecule has 1 aromatic carbocycles. The van der Waals surface area contributed by atoms with Crippen LogP contribution in [-0.2, 0) is 4.74 Å². The van der Waals surface area contributed by atoms with Crippen molar-refractivity contribution < 1.29 is 23.8 Å². The van der Waals surface area contributed by atoms with Crippen molar-refractivity contribution in [3.63, 3.8) is 0 Å². The van der Waals surface area contributed by atoms with E-state index in [0.29, 0.717) is 48.2 Å². The molecule has 2 amide bonds. The Kier molecular flexibility index (Phi) is 5.49. The quantitative estimate of drug-likeness (QED) is 0.678. The van der Waals surface area contributed by atoms with Crippen molar-refractivity contribution in [2.24, 2.45) is 0 Å². The number of aryl methyl sites for hydroxylation is 1. The number of anilines is 1. The second-order valence-electron chi connectivity index (χ2n) is 8.69. The van der Waals surface area contributed by atoms with Crippen molar-refractivity contribution in [1.82, 2.24) is 10.2 Å². The Labute approximate surface area is 170 Å². The topological polar surface area (TPSA) is 118 Å². The number of nitrogens with zero attached hydrogens (tertiary/aromatic N) is 1. The van der Waals surface area contributed by atoms with Crippen LogP contribution in [0.1, 0.15) is 49.5 Å². The molecule has 29 heavy (non-hydrogen) atoms. The van der Waals surface area contributed by atoms with E-state index in [2.05, 4.69) is 5.32 Å². The minimum absolute atomic E-state index is 0.0830. The first-order valence-corrected chi connectivity index (χ1v) is 9.74. The Morgan fingerprint density at radius 2 is 2.00 bits per heavy atom. The van der Waals surface area contributed by atoms with Gasteiger partial charge in [-0.25, -0.2) is 4.79 Å². The number of benzene rings is 1. The number of piperidine rings is 1. The molecule has 1 fully saturated rings. The zero-order valence-corrected chi connectivity index (χ0v) is 17.4. The summed E-state index contributed by atoms with van der Waals surface area (Å²) in [7, 11) is 0. The molecular weight excluding hydrogens is 374 g/mol. The van der Waals surface area contributed by atoms with E-state index in [1.54, 1.807) is 17.0 Å². The van der Waals surface area contributed by atoms with Crippen LogP contribution < -0.4 is 11.1 Å². The van der Waals surface area contributed by atoms with Crippen LogP contribution in [0.4, 0.5) is 10.5 Å². The molecule has 8 heteroatoms. The molecule has 4 N–H and O–H groups in total. The summed E-state index contributed by atoms with van der Waals surface area (Å²) in [6.07, 6.45) is 1.81. The molecule has 1 saturated heterocycles. The van der Waals surface area contributed by atoms with Crippen LogP contribution in [0.5, 0.6) is 0 Å². The lowest BCUT2D eigenvalue weighted by Crippen LogP contribution is -2.52. The number of carbonyl (C=O) groups is 2. The van der Waals surface area contributed by atoms with Crippen molar-refractivity contribution >= 4 is 28.7 Å². The van der Waals surface area contributed by atoms with Crippen molar-refractivity contribution in [2.75, 3.05) is 25.4 Å². The van der Waals surface area contributed by atoms with E-state index in [0.717, 1.165) is 5.56 Å². The monoisotopic (exact) mass is 403 g/mol. The van der Waals surface area contributed by atoms with E-state index >= 15 is 0 Å². The number of nitrogens with one attached hydrogen (secondary N) is 1. The van der Waals surface area contributed by atoms with Gasteiger partial charge in [-0.15, -0.1) is 0 Å². The summed E-state index contributed by atoms with van der Waals surface area (Å²) < 4.78 is 10.8. The van der Waals surface area contributed by atoms with Gasteiger partial charge in [-0.3, -0.25) is 4.79 Å². The molecule has 8 nitrogen and oxygen atoms in total. The van der Waals surface area contributed by atoms with Crippen LogP contribution in [0.2, 0.25) is 0 Å². The molecule has 2 aromatic rings. The van der Waals surface area contributed by atoms with E-state index in [9.17, 15) is 14.7 Å². The highest BCUT2D eigenvalue weighted by Crippen LogP contribution is 2.29. The molecule has 158 valence electrons. The number of aliphatic hydroxyl groups is 1. The Hall–Kier alpha value is -2.74. The molecule has 0 radical (unpaired) electrons. The summed E-state index contributed by atoms with van der Waals surface area (Å²) in [5, 5.41) is 14.3. The SMILES string of the molecule is Cc1cc(C(=O)NCC2(O)CCN(C(=O)OC(C)(C)C)CC2)c2occc2c1N. The number of ether oxygens (including phenoxy) is 1. The largest absolute Gasteiger partial charge is 0.463 e. The molecular formula is C21H29N3O5. The number of hydrogen-bond acceptors (Lipinski definition) is 6. The molecule has 0 atom stereocenters. The zero-order chi connectivity index (χ0) is 21.4. The number of nitrogens with two attached hydrogens (primary N) is 1. The number of amides is 2. The van der Waals surface area contributed by atoms with Gasteiger partial charge in [-0.1, -0.05) is 0 Å².